The molecule has 1 aliphatic heterocycles. The van der Waals surface area contributed by atoms with Crippen LogP contribution in [0, 0.1) is 0 Å². The molecule has 1 aliphatic rings. The van der Waals surface area contributed by atoms with Gasteiger partial charge in [0.2, 0.25) is 0 Å². The summed E-state index contributed by atoms with van der Waals surface area (Å²) in [7, 11) is 0. The first-order chi connectivity index (χ1) is 10.1. The second kappa shape index (κ2) is 5.57. The second-order valence-corrected chi connectivity index (χ2v) is 5.30. The van der Waals surface area contributed by atoms with E-state index in [4.69, 9.17) is 5.73 Å². The van der Waals surface area contributed by atoms with Crippen molar-refractivity contribution in [2.45, 2.75) is 18.9 Å². The van der Waals surface area contributed by atoms with Gasteiger partial charge in [0.05, 0.1) is 11.9 Å². The third kappa shape index (κ3) is 2.75. The van der Waals surface area contributed by atoms with Gasteiger partial charge in [-0.2, -0.15) is 5.10 Å². The van der Waals surface area contributed by atoms with Gasteiger partial charge in [-0.15, -0.1) is 0 Å². The Kier molecular flexibility index (Phi) is 3.62. The lowest BCUT2D eigenvalue weighted by atomic mass is 10.1. The molecule has 1 amide bonds. The normalized spacial score (nSPS) is 18.7. The van der Waals surface area contributed by atoms with Gasteiger partial charge < -0.3 is 15.7 Å². The first-order valence-electron chi connectivity index (χ1n) is 7.04. The summed E-state index contributed by atoms with van der Waals surface area (Å²) in [6, 6.07) is 9.36. The minimum Gasteiger partial charge on any atom is -0.504 e. The Morgan fingerprint density at radius 1 is 1.33 bits per heavy atom. The zero-order chi connectivity index (χ0) is 14.8. The van der Waals surface area contributed by atoms with Crippen LogP contribution in [0.3, 0.4) is 0 Å². The lowest BCUT2D eigenvalue weighted by molar-refractivity contribution is 0.0699. The van der Waals surface area contributed by atoms with Crippen molar-refractivity contribution >= 4 is 5.91 Å². The molecule has 1 aromatic heterocycles. The fourth-order valence-corrected chi connectivity index (χ4v) is 2.57. The Hall–Kier alpha value is -2.34. The van der Waals surface area contributed by atoms with Crippen molar-refractivity contribution in [3.8, 4) is 11.4 Å². The number of benzene rings is 1. The number of carbonyl (C=O) groups excluding carboxylic acids is 1. The molecule has 3 N–H and O–H groups in total. The quantitative estimate of drug-likeness (QED) is 0.867. The molecule has 2 aromatic rings. The van der Waals surface area contributed by atoms with E-state index in [1.54, 1.807) is 4.90 Å². The molecule has 0 radical (unpaired) electrons. The maximum atomic E-state index is 12.4. The van der Waals surface area contributed by atoms with Crippen LogP contribution in [-0.4, -0.2) is 44.8 Å². The molecule has 2 heterocycles. The summed E-state index contributed by atoms with van der Waals surface area (Å²) in [5, 5.41) is 14.2. The Labute approximate surface area is 122 Å². The molecule has 1 saturated heterocycles. The lowest BCUT2D eigenvalue weighted by Gasteiger charge is -2.30. The molecule has 110 valence electrons. The first-order valence-corrected chi connectivity index (χ1v) is 7.04. The molecule has 0 bridgehead atoms. The van der Waals surface area contributed by atoms with E-state index >= 15 is 0 Å². The van der Waals surface area contributed by atoms with Gasteiger partial charge in [0, 0.05) is 19.1 Å². The summed E-state index contributed by atoms with van der Waals surface area (Å²) in [4.78, 5) is 14.1. The van der Waals surface area contributed by atoms with E-state index in [9.17, 15) is 9.90 Å². The van der Waals surface area contributed by atoms with Crippen LogP contribution in [-0.2, 0) is 0 Å². The van der Waals surface area contributed by atoms with Gasteiger partial charge in [-0.05, 0) is 25.0 Å². The number of aromatic hydroxyl groups is 1. The highest BCUT2D eigenvalue weighted by molar-refractivity contribution is 5.95. The number of hydrogen-bond acceptors (Lipinski definition) is 4. The molecule has 6 nitrogen and oxygen atoms in total. The van der Waals surface area contributed by atoms with Crippen LogP contribution in [0.25, 0.3) is 5.69 Å². The van der Waals surface area contributed by atoms with Crippen molar-refractivity contribution < 1.29 is 9.90 Å². The van der Waals surface area contributed by atoms with E-state index in [0.29, 0.717) is 13.1 Å². The number of hydrogen-bond donors (Lipinski definition) is 2. The van der Waals surface area contributed by atoms with Crippen LogP contribution in [0.2, 0.25) is 0 Å². The number of amides is 1. The van der Waals surface area contributed by atoms with Gasteiger partial charge in [-0.3, -0.25) is 4.79 Å². The van der Waals surface area contributed by atoms with E-state index < -0.39 is 0 Å². The molecule has 3 rings (SSSR count). The summed E-state index contributed by atoms with van der Waals surface area (Å²) < 4.78 is 1.51. The van der Waals surface area contributed by atoms with Gasteiger partial charge in [0.25, 0.3) is 5.91 Å². The lowest BCUT2D eigenvalue weighted by Crippen LogP contribution is -2.45. The van der Waals surface area contributed by atoms with Crippen molar-refractivity contribution in [3.05, 3.63) is 42.2 Å². The topological polar surface area (TPSA) is 84.4 Å². The largest absolute Gasteiger partial charge is 0.504 e. The number of likely N-dealkylation sites (tertiary alicyclic amines) is 1. The van der Waals surface area contributed by atoms with Crippen molar-refractivity contribution in [1.82, 2.24) is 14.7 Å². The van der Waals surface area contributed by atoms with Crippen LogP contribution in [0.15, 0.2) is 36.5 Å². The zero-order valence-electron chi connectivity index (χ0n) is 11.6. The molecule has 6 heteroatoms. The average molecular weight is 286 g/mol. The van der Waals surface area contributed by atoms with Crippen molar-refractivity contribution in [3.63, 3.8) is 0 Å². The maximum absolute atomic E-state index is 12.4. The van der Waals surface area contributed by atoms with Crippen molar-refractivity contribution in [2.75, 3.05) is 13.1 Å². The van der Waals surface area contributed by atoms with E-state index in [1.807, 2.05) is 30.3 Å². The summed E-state index contributed by atoms with van der Waals surface area (Å²) in [5.41, 5.74) is 6.76. The van der Waals surface area contributed by atoms with E-state index in [0.717, 1.165) is 18.5 Å². The predicted molar refractivity (Wildman–Crippen MR) is 78.3 cm³/mol. The van der Waals surface area contributed by atoms with E-state index in [2.05, 4.69) is 5.10 Å². The van der Waals surface area contributed by atoms with Gasteiger partial charge in [0.15, 0.2) is 11.4 Å². The number of rotatable bonds is 2. The molecular weight excluding hydrogens is 268 g/mol. The number of para-hydroxylation sites is 1. The molecule has 0 aliphatic carbocycles. The molecule has 0 saturated carbocycles. The SMILES string of the molecule is N[C@H]1CCCN(C(=O)c2nn(-c3ccccc3)cc2O)C1. The monoisotopic (exact) mass is 286 g/mol. The van der Waals surface area contributed by atoms with Crippen LogP contribution in [0.5, 0.6) is 5.75 Å². The number of aromatic nitrogens is 2. The Morgan fingerprint density at radius 2 is 2.10 bits per heavy atom. The van der Waals surface area contributed by atoms with Crippen LogP contribution >= 0.6 is 0 Å². The van der Waals surface area contributed by atoms with Gasteiger partial charge in [-0.25, -0.2) is 4.68 Å². The standard InChI is InChI=1S/C15H18N4O2/c16-11-5-4-8-18(9-11)15(21)14-13(20)10-19(17-14)12-6-2-1-3-7-12/h1-3,6-7,10-11,20H,4-5,8-9,16H2/t11-/m0/s1. The average Bonchev–Trinajstić information content (AvgIpc) is 2.89. The van der Waals surface area contributed by atoms with Crippen molar-refractivity contribution in [1.29, 1.82) is 0 Å². The van der Waals surface area contributed by atoms with Crippen LogP contribution in [0.1, 0.15) is 23.3 Å². The molecule has 1 aromatic carbocycles. The van der Waals surface area contributed by atoms with Gasteiger partial charge in [0.1, 0.15) is 0 Å². The smallest absolute Gasteiger partial charge is 0.278 e. The third-order valence-electron chi connectivity index (χ3n) is 3.66. The van der Waals surface area contributed by atoms with Gasteiger partial charge >= 0.3 is 0 Å². The van der Waals surface area contributed by atoms with E-state index in [-0.39, 0.29) is 23.4 Å². The first kappa shape index (κ1) is 13.6. The number of nitrogens with two attached hydrogens (primary N) is 1. The number of nitrogens with zero attached hydrogens (tertiary/aromatic N) is 3. The highest BCUT2D eigenvalue weighted by Crippen LogP contribution is 2.21. The Balaban J connectivity index is 1.86. The maximum Gasteiger partial charge on any atom is 0.278 e. The Bertz CT molecular complexity index is 638. The van der Waals surface area contributed by atoms with Crippen molar-refractivity contribution in [2.24, 2.45) is 5.73 Å². The number of carbonyl (C=O) groups is 1. The fourth-order valence-electron chi connectivity index (χ4n) is 2.57. The molecule has 1 atom stereocenters. The predicted octanol–water partition coefficient (Wildman–Crippen LogP) is 1.14. The summed E-state index contributed by atoms with van der Waals surface area (Å²) in [5.74, 6) is -0.375. The number of piperidine rings is 1. The van der Waals surface area contributed by atoms with Crippen LogP contribution < -0.4 is 5.73 Å². The third-order valence-corrected chi connectivity index (χ3v) is 3.66. The molecule has 1 fully saturated rings. The highest BCUT2D eigenvalue weighted by atomic mass is 16.3. The van der Waals surface area contributed by atoms with Crippen LogP contribution in [0.4, 0.5) is 0 Å². The Morgan fingerprint density at radius 3 is 2.81 bits per heavy atom. The minimum absolute atomic E-state index is 0.000974. The zero-order valence-corrected chi connectivity index (χ0v) is 11.6. The van der Waals surface area contributed by atoms with Gasteiger partial charge in [-0.1, -0.05) is 18.2 Å². The summed E-state index contributed by atoms with van der Waals surface area (Å²) >= 11 is 0. The fraction of sp³-hybridized carbons (Fsp3) is 0.333. The highest BCUT2D eigenvalue weighted by Gasteiger charge is 2.26. The molecular formula is C15H18N4O2. The second-order valence-electron chi connectivity index (χ2n) is 5.30. The minimum atomic E-state index is -0.266. The molecule has 0 unspecified atom stereocenters. The molecule has 0 spiro atoms. The van der Waals surface area contributed by atoms with E-state index in [1.165, 1.54) is 10.9 Å². The molecule has 21 heavy (non-hydrogen) atoms. The summed E-state index contributed by atoms with van der Waals surface area (Å²) in [6.45, 7) is 1.17. The summed E-state index contributed by atoms with van der Waals surface area (Å²) in [6.07, 6.45) is 3.26.